The lowest BCUT2D eigenvalue weighted by Gasteiger charge is -2.32. The number of nitrogens with zero attached hydrogens (tertiary/aromatic N) is 2. The van der Waals surface area contributed by atoms with Crippen LogP contribution in [0.2, 0.25) is 0 Å². The van der Waals surface area contributed by atoms with E-state index in [0.717, 1.165) is 25.9 Å². The van der Waals surface area contributed by atoms with Crippen LogP contribution in [0.4, 0.5) is 5.69 Å². The van der Waals surface area contributed by atoms with Gasteiger partial charge in [-0.05, 0) is 48.6 Å². The van der Waals surface area contributed by atoms with Crippen LogP contribution in [0.3, 0.4) is 0 Å². The molecule has 0 bridgehead atoms. The van der Waals surface area contributed by atoms with E-state index >= 15 is 0 Å². The Hall–Kier alpha value is -3.48. The Balaban J connectivity index is 1.79. The number of likely N-dealkylation sites (tertiary alicyclic amines) is 1. The first-order valence-corrected chi connectivity index (χ1v) is 10.7. The second-order valence-electron chi connectivity index (χ2n) is 8.11. The van der Waals surface area contributed by atoms with Gasteiger partial charge in [0, 0.05) is 19.2 Å². The van der Waals surface area contributed by atoms with E-state index in [1.165, 1.54) is 12.0 Å². The number of hydrogen-bond donors (Lipinski definition) is 0. The molecule has 0 aromatic heterocycles. The molecule has 0 spiro atoms. The zero-order valence-corrected chi connectivity index (χ0v) is 18.9. The van der Waals surface area contributed by atoms with E-state index in [-0.39, 0.29) is 11.8 Å². The van der Waals surface area contributed by atoms with Crippen LogP contribution in [0.25, 0.3) is 5.57 Å². The highest BCUT2D eigenvalue weighted by atomic mass is 16.5. The number of methoxy groups -OCH3 is 3. The van der Waals surface area contributed by atoms with E-state index in [1.54, 1.807) is 44.6 Å². The third kappa shape index (κ3) is 3.79. The zero-order chi connectivity index (χ0) is 22.8. The topological polar surface area (TPSA) is 68.3 Å². The van der Waals surface area contributed by atoms with E-state index in [2.05, 4.69) is 11.8 Å². The molecule has 2 amide bonds. The third-order valence-electron chi connectivity index (χ3n) is 6.16. The Kier molecular flexibility index (Phi) is 6.08. The predicted octanol–water partition coefficient (Wildman–Crippen LogP) is 3.73. The number of ether oxygens (including phenoxy) is 3. The second kappa shape index (κ2) is 8.94. The van der Waals surface area contributed by atoms with E-state index < -0.39 is 0 Å². The summed E-state index contributed by atoms with van der Waals surface area (Å²) in [4.78, 5) is 30.6. The molecule has 0 N–H and O–H groups in total. The Morgan fingerprint density at radius 3 is 2.06 bits per heavy atom. The van der Waals surface area contributed by atoms with Gasteiger partial charge in [-0.15, -0.1) is 0 Å². The number of piperidine rings is 1. The second-order valence-corrected chi connectivity index (χ2v) is 8.11. The standard InChI is InChI=1S/C25H28N2O5/c1-16-11-13-26(14-12-16)23-22(17-5-8-19(30-2)9-6-17)24(28)27(25(23)29)18-7-10-20(31-3)21(15-18)32-4/h5-10,15-16H,11-14H2,1-4H3. The first-order chi connectivity index (χ1) is 15.5. The average molecular weight is 437 g/mol. The fourth-order valence-corrected chi connectivity index (χ4v) is 4.26. The van der Waals surface area contributed by atoms with Crippen molar-refractivity contribution in [3.8, 4) is 17.2 Å². The molecule has 2 aliphatic heterocycles. The lowest BCUT2D eigenvalue weighted by Crippen LogP contribution is -2.38. The molecule has 32 heavy (non-hydrogen) atoms. The van der Waals surface area contributed by atoms with E-state index in [1.807, 2.05) is 12.1 Å². The summed E-state index contributed by atoms with van der Waals surface area (Å²) >= 11 is 0. The summed E-state index contributed by atoms with van der Waals surface area (Å²) < 4.78 is 15.9. The van der Waals surface area contributed by atoms with Gasteiger partial charge in [0.15, 0.2) is 11.5 Å². The fraction of sp³-hybridized carbons (Fsp3) is 0.360. The number of rotatable bonds is 6. The van der Waals surface area contributed by atoms with Gasteiger partial charge in [0.25, 0.3) is 11.8 Å². The van der Waals surface area contributed by atoms with Crippen molar-refractivity contribution in [2.45, 2.75) is 19.8 Å². The van der Waals surface area contributed by atoms with Gasteiger partial charge in [0.2, 0.25) is 0 Å². The quantitative estimate of drug-likeness (QED) is 0.643. The summed E-state index contributed by atoms with van der Waals surface area (Å²) in [7, 11) is 4.66. The molecular formula is C25H28N2O5. The van der Waals surface area contributed by atoms with Crippen molar-refractivity contribution in [3.63, 3.8) is 0 Å². The summed E-state index contributed by atoms with van der Waals surface area (Å²) in [6.45, 7) is 3.71. The van der Waals surface area contributed by atoms with Crippen molar-refractivity contribution in [1.29, 1.82) is 0 Å². The minimum atomic E-state index is -0.346. The van der Waals surface area contributed by atoms with Gasteiger partial charge in [-0.3, -0.25) is 9.59 Å². The van der Waals surface area contributed by atoms with Crippen LogP contribution in [0.5, 0.6) is 17.2 Å². The van der Waals surface area contributed by atoms with Gasteiger partial charge in [-0.2, -0.15) is 0 Å². The van der Waals surface area contributed by atoms with Gasteiger partial charge < -0.3 is 19.1 Å². The number of carbonyl (C=O) groups excluding carboxylic acids is 2. The van der Waals surface area contributed by atoms with Crippen molar-refractivity contribution < 1.29 is 23.8 Å². The van der Waals surface area contributed by atoms with Crippen molar-refractivity contribution in [2.75, 3.05) is 39.3 Å². The molecule has 0 radical (unpaired) electrons. The van der Waals surface area contributed by atoms with Gasteiger partial charge in [-0.1, -0.05) is 19.1 Å². The molecule has 2 heterocycles. The number of hydrogen-bond acceptors (Lipinski definition) is 6. The Morgan fingerprint density at radius 1 is 0.812 bits per heavy atom. The first-order valence-electron chi connectivity index (χ1n) is 10.7. The van der Waals surface area contributed by atoms with Crippen LogP contribution < -0.4 is 19.1 Å². The summed E-state index contributed by atoms with van der Waals surface area (Å²) in [5.41, 5.74) is 2.02. The lowest BCUT2D eigenvalue weighted by atomic mass is 9.97. The fourth-order valence-electron chi connectivity index (χ4n) is 4.26. The van der Waals surface area contributed by atoms with Crippen LogP contribution in [-0.4, -0.2) is 51.1 Å². The highest BCUT2D eigenvalue weighted by molar-refractivity contribution is 6.45. The highest BCUT2D eigenvalue weighted by Crippen LogP contribution is 2.39. The Bertz CT molecular complexity index is 1050. The molecule has 7 heteroatoms. The zero-order valence-electron chi connectivity index (χ0n) is 18.9. The van der Waals surface area contributed by atoms with E-state index in [4.69, 9.17) is 14.2 Å². The molecule has 0 unspecified atom stereocenters. The molecule has 168 valence electrons. The summed E-state index contributed by atoms with van der Waals surface area (Å²) in [5, 5.41) is 0. The number of imide groups is 1. The van der Waals surface area contributed by atoms with Gasteiger partial charge in [0.05, 0.1) is 32.6 Å². The highest BCUT2D eigenvalue weighted by Gasteiger charge is 2.43. The number of carbonyl (C=O) groups is 2. The monoisotopic (exact) mass is 436 g/mol. The third-order valence-corrected chi connectivity index (χ3v) is 6.16. The molecule has 1 fully saturated rings. The molecular weight excluding hydrogens is 408 g/mol. The minimum Gasteiger partial charge on any atom is -0.497 e. The molecule has 7 nitrogen and oxygen atoms in total. The number of anilines is 1. The van der Waals surface area contributed by atoms with Crippen LogP contribution in [0.1, 0.15) is 25.3 Å². The van der Waals surface area contributed by atoms with Crippen molar-refractivity contribution in [3.05, 3.63) is 53.7 Å². The number of benzene rings is 2. The molecule has 4 rings (SSSR count). The first kappa shape index (κ1) is 21.7. The molecule has 0 saturated carbocycles. The normalized spacial score (nSPS) is 17.2. The summed E-state index contributed by atoms with van der Waals surface area (Å²) in [6.07, 6.45) is 1.97. The van der Waals surface area contributed by atoms with Crippen molar-refractivity contribution >= 4 is 23.1 Å². The van der Waals surface area contributed by atoms with Crippen molar-refractivity contribution in [1.82, 2.24) is 4.90 Å². The van der Waals surface area contributed by atoms with Gasteiger partial charge in [-0.25, -0.2) is 4.90 Å². The van der Waals surface area contributed by atoms with E-state index in [9.17, 15) is 9.59 Å². The van der Waals surface area contributed by atoms with Crippen LogP contribution in [0.15, 0.2) is 48.2 Å². The lowest BCUT2D eigenvalue weighted by molar-refractivity contribution is -0.120. The molecule has 1 saturated heterocycles. The van der Waals surface area contributed by atoms with Gasteiger partial charge >= 0.3 is 0 Å². The largest absolute Gasteiger partial charge is 0.497 e. The SMILES string of the molecule is COc1ccc(C2=C(N3CCC(C)CC3)C(=O)N(c3ccc(OC)c(OC)c3)C2=O)cc1. The molecule has 2 aliphatic rings. The smallest absolute Gasteiger partial charge is 0.282 e. The van der Waals surface area contributed by atoms with Crippen LogP contribution >= 0.6 is 0 Å². The van der Waals surface area contributed by atoms with E-state index in [0.29, 0.717) is 45.7 Å². The van der Waals surface area contributed by atoms with Gasteiger partial charge in [0.1, 0.15) is 11.4 Å². The van der Waals surface area contributed by atoms with Crippen molar-refractivity contribution in [2.24, 2.45) is 5.92 Å². The minimum absolute atomic E-state index is 0.317. The maximum Gasteiger partial charge on any atom is 0.282 e. The Labute approximate surface area is 188 Å². The molecule has 0 aliphatic carbocycles. The van der Waals surface area contributed by atoms with Crippen LogP contribution in [0, 0.1) is 5.92 Å². The maximum absolute atomic E-state index is 13.7. The summed E-state index contributed by atoms with van der Waals surface area (Å²) in [5.74, 6) is 1.62. The predicted molar refractivity (Wildman–Crippen MR) is 122 cm³/mol. The average Bonchev–Trinajstić information content (AvgIpc) is 3.09. The molecule has 2 aromatic carbocycles. The Morgan fingerprint density at radius 2 is 1.47 bits per heavy atom. The molecule has 0 atom stereocenters. The maximum atomic E-state index is 13.7. The summed E-state index contributed by atoms with van der Waals surface area (Å²) in [6, 6.07) is 12.3. The molecule has 2 aromatic rings. The number of amides is 2. The van der Waals surface area contributed by atoms with Crippen LogP contribution in [-0.2, 0) is 9.59 Å².